The molecule has 0 unspecified atom stereocenters. The number of nitrogens with two attached hydrogens (primary N) is 1. The fourth-order valence-electron chi connectivity index (χ4n) is 2.25. The van der Waals surface area contributed by atoms with E-state index in [-0.39, 0.29) is 25.5 Å². The Labute approximate surface area is 190 Å². The number of nitrogens with one attached hydrogen (secondary N) is 2. The van der Waals surface area contributed by atoms with E-state index in [0.717, 1.165) is 12.5 Å². The van der Waals surface area contributed by atoms with Crippen molar-refractivity contribution in [3.63, 3.8) is 0 Å². The number of hydrogen-bond acceptors (Lipinski definition) is 6. The number of carbonyl (C=O) groups excluding carboxylic acids is 2. The molecule has 5 N–H and O–H groups in total. The standard InChI is InChI=1S/C19H21Cl2N3O3.C2H4O2/c1-12(22)19(26)23-9-10-27-17(25)11-13-5-2-3-8-16(13)24-18-14(20)6-4-7-15(18)21;1-2(3)4/h2-8,12,24H,9-11,22H2,1H3,(H,23,26);1H3,(H,3,4)/t12-;/m0./s1. The second kappa shape index (κ2) is 13.5. The van der Waals surface area contributed by atoms with Crippen LogP contribution in [-0.2, 0) is 25.5 Å². The summed E-state index contributed by atoms with van der Waals surface area (Å²) in [5, 5.41) is 14.1. The summed E-state index contributed by atoms with van der Waals surface area (Å²) < 4.78 is 5.15. The molecule has 1 amide bonds. The molecule has 0 saturated carbocycles. The Morgan fingerprint density at radius 3 is 2.26 bits per heavy atom. The number of carboxylic acids is 1. The monoisotopic (exact) mass is 469 g/mol. The second-order valence-corrected chi connectivity index (χ2v) is 7.19. The Morgan fingerprint density at radius 1 is 1.10 bits per heavy atom. The molecule has 10 heteroatoms. The van der Waals surface area contributed by atoms with Crippen molar-refractivity contribution in [3.05, 3.63) is 58.1 Å². The van der Waals surface area contributed by atoms with Crippen molar-refractivity contribution in [3.8, 4) is 0 Å². The van der Waals surface area contributed by atoms with Gasteiger partial charge in [0.2, 0.25) is 5.91 Å². The average molecular weight is 470 g/mol. The lowest BCUT2D eigenvalue weighted by atomic mass is 10.1. The molecule has 2 aromatic carbocycles. The number of carbonyl (C=O) groups is 3. The summed E-state index contributed by atoms with van der Waals surface area (Å²) in [6.07, 6.45) is 0.0620. The first-order valence-electron chi connectivity index (χ1n) is 9.29. The van der Waals surface area contributed by atoms with Crippen molar-refractivity contribution in [2.45, 2.75) is 26.3 Å². The van der Waals surface area contributed by atoms with Gasteiger partial charge in [-0.05, 0) is 30.7 Å². The Morgan fingerprint density at radius 2 is 1.68 bits per heavy atom. The minimum Gasteiger partial charge on any atom is -0.481 e. The van der Waals surface area contributed by atoms with E-state index in [1.54, 1.807) is 25.1 Å². The van der Waals surface area contributed by atoms with E-state index >= 15 is 0 Å². The number of anilines is 2. The van der Waals surface area contributed by atoms with Crippen LogP contribution < -0.4 is 16.4 Å². The number of ether oxygens (including phenoxy) is 1. The predicted molar refractivity (Wildman–Crippen MR) is 121 cm³/mol. The normalized spacial score (nSPS) is 10.9. The smallest absolute Gasteiger partial charge is 0.310 e. The largest absolute Gasteiger partial charge is 0.481 e. The molecule has 0 saturated heterocycles. The van der Waals surface area contributed by atoms with E-state index in [2.05, 4.69) is 10.6 Å². The Hall–Kier alpha value is -2.81. The summed E-state index contributed by atoms with van der Waals surface area (Å²) in [6, 6.07) is 11.9. The van der Waals surface area contributed by atoms with Gasteiger partial charge in [0.05, 0.1) is 34.7 Å². The summed E-state index contributed by atoms with van der Waals surface area (Å²) in [4.78, 5) is 32.4. The first-order valence-corrected chi connectivity index (χ1v) is 10.0. The molecule has 0 aliphatic heterocycles. The molecule has 0 aromatic heterocycles. The van der Waals surface area contributed by atoms with Crippen molar-refractivity contribution >= 4 is 52.4 Å². The van der Waals surface area contributed by atoms with Gasteiger partial charge in [0.25, 0.3) is 5.97 Å². The van der Waals surface area contributed by atoms with Gasteiger partial charge in [0.1, 0.15) is 6.61 Å². The van der Waals surface area contributed by atoms with E-state index in [0.29, 0.717) is 21.4 Å². The molecule has 8 nitrogen and oxygen atoms in total. The Bertz CT molecular complexity index is 882. The van der Waals surface area contributed by atoms with Crippen LogP contribution in [0.3, 0.4) is 0 Å². The first kappa shape index (κ1) is 26.2. The lowest BCUT2D eigenvalue weighted by molar-refractivity contribution is -0.143. The van der Waals surface area contributed by atoms with Crippen molar-refractivity contribution < 1.29 is 24.2 Å². The van der Waals surface area contributed by atoms with Crippen LogP contribution in [-0.4, -0.2) is 42.1 Å². The van der Waals surface area contributed by atoms with Gasteiger partial charge in [-0.3, -0.25) is 14.4 Å². The Balaban J connectivity index is 0.00000110. The molecule has 168 valence electrons. The summed E-state index contributed by atoms with van der Waals surface area (Å²) in [5.74, 6) is -1.54. The molecule has 0 aliphatic carbocycles. The number of amides is 1. The zero-order chi connectivity index (χ0) is 23.4. The van der Waals surface area contributed by atoms with Crippen LogP contribution in [0.5, 0.6) is 0 Å². The molecular formula is C21H25Cl2N3O5. The number of hydrogen-bond donors (Lipinski definition) is 4. The number of esters is 1. The van der Waals surface area contributed by atoms with Gasteiger partial charge in [-0.25, -0.2) is 0 Å². The fraction of sp³-hybridized carbons (Fsp3) is 0.286. The molecule has 0 fully saturated rings. The third-order valence-electron chi connectivity index (χ3n) is 3.65. The summed E-state index contributed by atoms with van der Waals surface area (Å²) in [6.45, 7) is 2.95. The van der Waals surface area contributed by atoms with E-state index in [4.69, 9.17) is 43.6 Å². The predicted octanol–water partition coefficient (Wildman–Crippen LogP) is 3.38. The van der Waals surface area contributed by atoms with Crippen LogP contribution in [0.25, 0.3) is 0 Å². The molecule has 2 aromatic rings. The molecule has 0 bridgehead atoms. The van der Waals surface area contributed by atoms with Gasteiger partial charge in [-0.2, -0.15) is 0 Å². The Kier molecular flexibility index (Phi) is 11.4. The first-order chi connectivity index (χ1) is 14.6. The van der Waals surface area contributed by atoms with Crippen LogP contribution in [0.2, 0.25) is 10.0 Å². The summed E-state index contributed by atoms with van der Waals surface area (Å²) in [7, 11) is 0. The summed E-state index contributed by atoms with van der Waals surface area (Å²) in [5.41, 5.74) is 7.44. The van der Waals surface area contributed by atoms with Gasteiger partial charge in [0, 0.05) is 12.6 Å². The van der Waals surface area contributed by atoms with Gasteiger partial charge in [-0.15, -0.1) is 0 Å². The number of para-hydroxylation sites is 2. The van der Waals surface area contributed by atoms with Gasteiger partial charge in [-0.1, -0.05) is 47.5 Å². The number of benzene rings is 2. The van der Waals surface area contributed by atoms with E-state index in [1.165, 1.54) is 0 Å². The molecule has 0 radical (unpaired) electrons. The number of aliphatic carboxylic acids is 1. The highest BCUT2D eigenvalue weighted by atomic mass is 35.5. The molecule has 0 aliphatic rings. The molecule has 2 rings (SSSR count). The van der Waals surface area contributed by atoms with E-state index in [9.17, 15) is 9.59 Å². The van der Waals surface area contributed by atoms with Crippen molar-refractivity contribution in [2.75, 3.05) is 18.5 Å². The maximum absolute atomic E-state index is 12.1. The van der Waals surface area contributed by atoms with Crippen molar-refractivity contribution in [1.29, 1.82) is 0 Å². The van der Waals surface area contributed by atoms with Gasteiger partial charge in [0.15, 0.2) is 0 Å². The summed E-state index contributed by atoms with van der Waals surface area (Å²) >= 11 is 12.4. The van der Waals surface area contributed by atoms with Gasteiger partial charge < -0.3 is 26.2 Å². The van der Waals surface area contributed by atoms with Crippen LogP contribution in [0, 0.1) is 0 Å². The molecule has 1 atom stereocenters. The highest BCUT2D eigenvalue weighted by Gasteiger charge is 2.12. The van der Waals surface area contributed by atoms with Crippen LogP contribution in [0.15, 0.2) is 42.5 Å². The third-order valence-corrected chi connectivity index (χ3v) is 4.28. The topological polar surface area (TPSA) is 131 Å². The molecule has 0 spiro atoms. The quantitative estimate of drug-likeness (QED) is 0.344. The second-order valence-electron chi connectivity index (χ2n) is 6.37. The maximum Gasteiger partial charge on any atom is 0.310 e. The zero-order valence-electron chi connectivity index (χ0n) is 17.2. The lowest BCUT2D eigenvalue weighted by Crippen LogP contribution is -2.39. The highest BCUT2D eigenvalue weighted by Crippen LogP contribution is 2.33. The van der Waals surface area contributed by atoms with Crippen LogP contribution >= 0.6 is 23.2 Å². The molecule has 31 heavy (non-hydrogen) atoms. The van der Waals surface area contributed by atoms with Gasteiger partial charge >= 0.3 is 5.97 Å². The molecular weight excluding hydrogens is 445 g/mol. The SMILES string of the molecule is CC(=O)O.C[C@H](N)C(=O)NCCOC(=O)Cc1ccccc1Nc1c(Cl)cccc1Cl. The molecule has 0 heterocycles. The van der Waals surface area contributed by atoms with E-state index in [1.807, 2.05) is 24.3 Å². The van der Waals surface area contributed by atoms with E-state index < -0.39 is 18.0 Å². The van der Waals surface area contributed by atoms with Crippen molar-refractivity contribution in [1.82, 2.24) is 5.32 Å². The third kappa shape index (κ3) is 10.2. The maximum atomic E-state index is 12.1. The van der Waals surface area contributed by atoms with Crippen molar-refractivity contribution in [2.24, 2.45) is 5.73 Å². The number of rotatable bonds is 8. The number of halogens is 2. The highest BCUT2D eigenvalue weighted by molar-refractivity contribution is 6.39. The number of carboxylic acid groups (broad SMARTS) is 1. The average Bonchev–Trinajstić information content (AvgIpc) is 2.68. The minimum absolute atomic E-state index is 0.0620. The minimum atomic E-state index is -0.833. The zero-order valence-corrected chi connectivity index (χ0v) is 18.7. The van der Waals surface area contributed by atoms with Crippen LogP contribution in [0.1, 0.15) is 19.4 Å². The fourth-order valence-corrected chi connectivity index (χ4v) is 2.75. The van der Waals surface area contributed by atoms with Crippen LogP contribution in [0.4, 0.5) is 11.4 Å². The lowest BCUT2D eigenvalue weighted by Gasteiger charge is -2.14.